The summed E-state index contributed by atoms with van der Waals surface area (Å²) in [5.41, 5.74) is 7.08. The van der Waals surface area contributed by atoms with E-state index < -0.39 is 0 Å². The molecule has 1 aromatic rings. The van der Waals surface area contributed by atoms with E-state index in [1.807, 2.05) is 18.2 Å². The van der Waals surface area contributed by atoms with Crippen LogP contribution in [0.4, 0.5) is 0 Å². The minimum absolute atomic E-state index is 0.140. The molecule has 0 radical (unpaired) electrons. The zero-order valence-corrected chi connectivity index (χ0v) is 7.47. The van der Waals surface area contributed by atoms with Gasteiger partial charge >= 0.3 is 0 Å². The van der Waals surface area contributed by atoms with Crippen molar-refractivity contribution in [2.24, 2.45) is 5.73 Å². The summed E-state index contributed by atoms with van der Waals surface area (Å²) in [5, 5.41) is 0.140. The number of thioether (sulfide) groups is 1. The zero-order valence-electron chi connectivity index (χ0n) is 6.66. The van der Waals surface area contributed by atoms with E-state index in [9.17, 15) is 0 Å². The fourth-order valence-electron chi connectivity index (χ4n) is 0.919. The summed E-state index contributed by atoms with van der Waals surface area (Å²) < 4.78 is 0. The molecule has 0 heterocycles. The Kier molecular flexibility index (Phi) is 3.46. The molecule has 0 aromatic heterocycles. The number of benzene rings is 1. The fourth-order valence-corrected chi connectivity index (χ4v) is 1.63. The van der Waals surface area contributed by atoms with Gasteiger partial charge in [0.15, 0.2) is 0 Å². The van der Waals surface area contributed by atoms with Gasteiger partial charge in [-0.3, -0.25) is 0 Å². The van der Waals surface area contributed by atoms with Crippen LogP contribution in [-0.4, -0.2) is 5.75 Å². The van der Waals surface area contributed by atoms with Crippen molar-refractivity contribution in [2.75, 3.05) is 5.75 Å². The molecule has 11 heavy (non-hydrogen) atoms. The Labute approximate surface area is 72.0 Å². The Morgan fingerprint density at radius 2 is 2.00 bits per heavy atom. The molecular weight excluding hydrogens is 154 g/mol. The van der Waals surface area contributed by atoms with Crippen molar-refractivity contribution in [1.82, 2.24) is 0 Å². The SMILES string of the molecule is CCSC(N)c1ccccc1. The first-order valence-electron chi connectivity index (χ1n) is 3.76. The summed E-state index contributed by atoms with van der Waals surface area (Å²) in [5.74, 6) is 1.07. The Bertz CT molecular complexity index is 198. The molecule has 0 aliphatic rings. The van der Waals surface area contributed by atoms with Crippen LogP contribution in [-0.2, 0) is 0 Å². The molecule has 0 spiro atoms. The molecule has 1 nitrogen and oxygen atoms in total. The highest BCUT2D eigenvalue weighted by molar-refractivity contribution is 7.99. The minimum Gasteiger partial charge on any atom is -0.316 e. The molecule has 1 atom stereocenters. The lowest BCUT2D eigenvalue weighted by Gasteiger charge is -2.08. The molecule has 0 fully saturated rings. The van der Waals surface area contributed by atoms with E-state index in [2.05, 4.69) is 19.1 Å². The van der Waals surface area contributed by atoms with E-state index in [1.165, 1.54) is 5.56 Å². The van der Waals surface area contributed by atoms with Crippen LogP contribution in [0.15, 0.2) is 30.3 Å². The number of hydrogen-bond donors (Lipinski definition) is 1. The smallest absolute Gasteiger partial charge is 0.0764 e. The lowest BCUT2D eigenvalue weighted by atomic mass is 10.2. The largest absolute Gasteiger partial charge is 0.316 e. The average Bonchev–Trinajstić information content (AvgIpc) is 2.07. The maximum atomic E-state index is 5.87. The molecule has 1 unspecified atom stereocenters. The van der Waals surface area contributed by atoms with Gasteiger partial charge in [-0.2, -0.15) is 0 Å². The summed E-state index contributed by atoms with van der Waals surface area (Å²) in [6.45, 7) is 2.12. The van der Waals surface area contributed by atoms with E-state index in [0.29, 0.717) is 0 Å². The first kappa shape index (κ1) is 8.62. The van der Waals surface area contributed by atoms with Gasteiger partial charge in [0.05, 0.1) is 5.37 Å². The zero-order chi connectivity index (χ0) is 8.10. The Morgan fingerprint density at radius 1 is 1.36 bits per heavy atom. The van der Waals surface area contributed by atoms with Crippen LogP contribution in [0.3, 0.4) is 0 Å². The highest BCUT2D eigenvalue weighted by atomic mass is 32.2. The third-order valence-corrected chi connectivity index (χ3v) is 2.44. The van der Waals surface area contributed by atoms with Crippen LogP contribution in [0.1, 0.15) is 17.9 Å². The van der Waals surface area contributed by atoms with Crippen LogP contribution in [0, 0.1) is 0 Å². The van der Waals surface area contributed by atoms with Crippen LogP contribution >= 0.6 is 11.8 Å². The normalized spacial score (nSPS) is 12.9. The van der Waals surface area contributed by atoms with E-state index >= 15 is 0 Å². The molecule has 0 saturated heterocycles. The fraction of sp³-hybridized carbons (Fsp3) is 0.333. The highest BCUT2D eigenvalue weighted by Crippen LogP contribution is 2.21. The van der Waals surface area contributed by atoms with E-state index in [-0.39, 0.29) is 5.37 Å². The third kappa shape index (κ3) is 2.56. The number of hydrogen-bond acceptors (Lipinski definition) is 2. The second-order valence-electron chi connectivity index (χ2n) is 2.29. The van der Waals surface area contributed by atoms with E-state index in [0.717, 1.165) is 5.75 Å². The summed E-state index contributed by atoms with van der Waals surface area (Å²) in [7, 11) is 0. The van der Waals surface area contributed by atoms with E-state index in [1.54, 1.807) is 11.8 Å². The Hall–Kier alpha value is -0.470. The molecule has 2 N–H and O–H groups in total. The molecule has 0 amide bonds. The van der Waals surface area contributed by atoms with Crippen molar-refractivity contribution in [2.45, 2.75) is 12.3 Å². The van der Waals surface area contributed by atoms with Gasteiger partial charge in [0.2, 0.25) is 0 Å². The predicted molar refractivity (Wildman–Crippen MR) is 51.5 cm³/mol. The van der Waals surface area contributed by atoms with Crippen molar-refractivity contribution >= 4 is 11.8 Å². The molecule has 0 saturated carbocycles. The van der Waals surface area contributed by atoms with Gasteiger partial charge in [-0.25, -0.2) is 0 Å². The van der Waals surface area contributed by atoms with Gasteiger partial charge in [0.25, 0.3) is 0 Å². The van der Waals surface area contributed by atoms with Gasteiger partial charge < -0.3 is 5.73 Å². The topological polar surface area (TPSA) is 26.0 Å². The summed E-state index contributed by atoms with van der Waals surface area (Å²) in [4.78, 5) is 0. The lowest BCUT2D eigenvalue weighted by molar-refractivity contribution is 1.03. The first-order valence-corrected chi connectivity index (χ1v) is 4.81. The van der Waals surface area contributed by atoms with Crippen LogP contribution in [0.25, 0.3) is 0 Å². The molecule has 1 rings (SSSR count). The van der Waals surface area contributed by atoms with Crippen molar-refractivity contribution in [3.63, 3.8) is 0 Å². The van der Waals surface area contributed by atoms with Gasteiger partial charge in [-0.15, -0.1) is 11.8 Å². The number of nitrogens with two attached hydrogens (primary N) is 1. The quantitative estimate of drug-likeness (QED) is 0.699. The van der Waals surface area contributed by atoms with Gasteiger partial charge in [0, 0.05) is 0 Å². The average molecular weight is 167 g/mol. The molecular formula is C9H13NS. The predicted octanol–water partition coefficient (Wildman–Crippen LogP) is 2.40. The summed E-state index contributed by atoms with van der Waals surface area (Å²) in [6, 6.07) is 10.2. The van der Waals surface area contributed by atoms with Crippen LogP contribution in [0.5, 0.6) is 0 Å². The molecule has 0 aliphatic heterocycles. The molecule has 0 bridgehead atoms. The summed E-state index contributed by atoms with van der Waals surface area (Å²) in [6.07, 6.45) is 0. The first-order chi connectivity index (χ1) is 5.34. The Morgan fingerprint density at radius 3 is 2.55 bits per heavy atom. The van der Waals surface area contributed by atoms with Gasteiger partial charge in [0.1, 0.15) is 0 Å². The Balaban J connectivity index is 2.61. The monoisotopic (exact) mass is 167 g/mol. The van der Waals surface area contributed by atoms with E-state index in [4.69, 9.17) is 5.73 Å². The van der Waals surface area contributed by atoms with Crippen molar-refractivity contribution in [3.8, 4) is 0 Å². The lowest BCUT2D eigenvalue weighted by Crippen LogP contribution is -2.05. The summed E-state index contributed by atoms with van der Waals surface area (Å²) >= 11 is 1.76. The third-order valence-electron chi connectivity index (χ3n) is 1.47. The molecule has 1 aromatic carbocycles. The highest BCUT2D eigenvalue weighted by Gasteiger charge is 2.02. The molecule has 0 aliphatic carbocycles. The van der Waals surface area contributed by atoms with Gasteiger partial charge in [-0.05, 0) is 11.3 Å². The van der Waals surface area contributed by atoms with Crippen molar-refractivity contribution < 1.29 is 0 Å². The number of rotatable bonds is 3. The van der Waals surface area contributed by atoms with Crippen molar-refractivity contribution in [1.29, 1.82) is 0 Å². The second kappa shape index (κ2) is 4.42. The van der Waals surface area contributed by atoms with Gasteiger partial charge in [-0.1, -0.05) is 37.3 Å². The molecule has 2 heteroatoms. The standard InChI is InChI=1S/C9H13NS/c1-2-11-9(10)8-6-4-3-5-7-8/h3-7,9H,2,10H2,1H3. The van der Waals surface area contributed by atoms with Crippen LogP contribution in [0.2, 0.25) is 0 Å². The maximum Gasteiger partial charge on any atom is 0.0764 e. The maximum absolute atomic E-state index is 5.87. The van der Waals surface area contributed by atoms with Crippen LogP contribution < -0.4 is 5.73 Å². The van der Waals surface area contributed by atoms with Crippen molar-refractivity contribution in [3.05, 3.63) is 35.9 Å². The molecule has 60 valence electrons. The minimum atomic E-state index is 0.140. The second-order valence-corrected chi connectivity index (χ2v) is 3.71.